The van der Waals surface area contributed by atoms with Crippen LogP contribution in [0, 0.1) is 6.92 Å². The summed E-state index contributed by atoms with van der Waals surface area (Å²) in [5, 5.41) is 11.3. The van der Waals surface area contributed by atoms with Crippen molar-refractivity contribution in [3.05, 3.63) is 60.0 Å². The van der Waals surface area contributed by atoms with Gasteiger partial charge in [0.05, 0.1) is 24.0 Å². The van der Waals surface area contributed by atoms with Crippen LogP contribution in [-0.4, -0.2) is 70.4 Å². The van der Waals surface area contributed by atoms with E-state index >= 15 is 0 Å². The first-order chi connectivity index (χ1) is 15.1. The Morgan fingerprint density at radius 1 is 1.12 bits per heavy atom. The molecule has 1 aliphatic heterocycles. The number of carboxylic acids is 1. The maximum absolute atomic E-state index is 12.8. The largest absolute Gasteiger partial charge is 0.490 e. The predicted molar refractivity (Wildman–Crippen MR) is 104 cm³/mol. The topological polar surface area (TPSA) is 119 Å². The van der Waals surface area contributed by atoms with Crippen molar-refractivity contribution in [1.29, 1.82) is 0 Å². The van der Waals surface area contributed by atoms with Crippen LogP contribution in [0.15, 0.2) is 37.3 Å². The first kappa shape index (κ1) is 22.9. The number of nitrogens with zero attached hydrogens (tertiary/aromatic N) is 7. The maximum Gasteiger partial charge on any atom is 0.490 e. The molecule has 0 spiro atoms. The van der Waals surface area contributed by atoms with Crippen molar-refractivity contribution < 1.29 is 27.9 Å². The third-order valence-corrected chi connectivity index (χ3v) is 4.66. The minimum Gasteiger partial charge on any atom is -0.475 e. The van der Waals surface area contributed by atoms with Gasteiger partial charge in [0.15, 0.2) is 0 Å². The number of fused-ring (bicyclic) bond motifs is 1. The summed E-state index contributed by atoms with van der Waals surface area (Å²) in [6.07, 6.45) is 4.15. The summed E-state index contributed by atoms with van der Waals surface area (Å²) in [6.45, 7) is 4.61. The molecule has 1 amide bonds. The maximum atomic E-state index is 12.8. The number of aryl methyl sites for hydroxylation is 1. The SMILES string of the molecule is Cc1cncc(C(=O)N2CCc3ncc(Cn4cncn4)n3CC2)c1.O=C(O)C(F)(F)F. The van der Waals surface area contributed by atoms with E-state index in [1.165, 1.54) is 6.33 Å². The molecule has 0 unspecified atom stereocenters. The van der Waals surface area contributed by atoms with Crippen molar-refractivity contribution in [3.8, 4) is 0 Å². The number of halogens is 3. The Hall–Kier alpha value is -3.77. The Labute approximate surface area is 180 Å². The highest BCUT2D eigenvalue weighted by Gasteiger charge is 2.38. The Morgan fingerprint density at radius 2 is 1.88 bits per heavy atom. The molecule has 0 saturated heterocycles. The van der Waals surface area contributed by atoms with Crippen molar-refractivity contribution in [1.82, 2.24) is 34.2 Å². The first-order valence-electron chi connectivity index (χ1n) is 9.52. The summed E-state index contributed by atoms with van der Waals surface area (Å²) in [4.78, 5) is 36.2. The number of aromatic nitrogens is 6. The quantitative estimate of drug-likeness (QED) is 0.642. The normalized spacial score (nSPS) is 13.6. The Balaban J connectivity index is 0.000000360. The Morgan fingerprint density at radius 3 is 2.50 bits per heavy atom. The summed E-state index contributed by atoms with van der Waals surface area (Å²) in [7, 11) is 0. The zero-order valence-corrected chi connectivity index (χ0v) is 17.0. The van der Waals surface area contributed by atoms with Gasteiger partial charge in [0.25, 0.3) is 5.91 Å². The highest BCUT2D eigenvalue weighted by Crippen LogP contribution is 2.15. The van der Waals surface area contributed by atoms with Crippen molar-refractivity contribution in [2.45, 2.75) is 32.6 Å². The molecule has 0 saturated carbocycles. The number of alkyl halides is 3. The van der Waals surface area contributed by atoms with E-state index < -0.39 is 12.1 Å². The van der Waals surface area contributed by atoms with Crippen LogP contribution >= 0.6 is 0 Å². The molecule has 4 rings (SSSR count). The van der Waals surface area contributed by atoms with E-state index in [-0.39, 0.29) is 5.91 Å². The van der Waals surface area contributed by atoms with Crippen molar-refractivity contribution in [3.63, 3.8) is 0 Å². The molecule has 0 fully saturated rings. The molecule has 0 aromatic carbocycles. The minimum absolute atomic E-state index is 0.0276. The molecule has 1 aliphatic rings. The summed E-state index contributed by atoms with van der Waals surface area (Å²) in [5.74, 6) is -1.72. The lowest BCUT2D eigenvalue weighted by Crippen LogP contribution is -2.33. The predicted octanol–water partition coefficient (Wildman–Crippen LogP) is 1.56. The highest BCUT2D eigenvalue weighted by atomic mass is 19.4. The lowest BCUT2D eigenvalue weighted by Gasteiger charge is -2.20. The smallest absolute Gasteiger partial charge is 0.475 e. The van der Waals surface area contributed by atoms with Crippen molar-refractivity contribution in [2.75, 3.05) is 13.1 Å². The van der Waals surface area contributed by atoms with Gasteiger partial charge in [-0.2, -0.15) is 18.3 Å². The van der Waals surface area contributed by atoms with Crippen molar-refractivity contribution >= 4 is 11.9 Å². The number of rotatable bonds is 3. The molecule has 0 aliphatic carbocycles. The van der Waals surface area contributed by atoms with Gasteiger partial charge < -0.3 is 14.6 Å². The van der Waals surface area contributed by atoms with Crippen LogP contribution in [0.2, 0.25) is 0 Å². The molecule has 0 radical (unpaired) electrons. The number of aliphatic carboxylic acids is 1. The number of carbonyl (C=O) groups is 2. The number of hydrogen-bond donors (Lipinski definition) is 1. The standard InChI is InChI=1S/C17H19N7O.C2HF3O2/c1-13-6-14(8-18-7-13)17(25)22-3-2-16-20-9-15(24(16)5-4-22)10-23-12-19-11-21-23;3-2(4,5)1(6)7/h6-9,11-12H,2-5,10H2,1H3;(H,6,7). The second kappa shape index (κ2) is 9.58. The zero-order chi connectivity index (χ0) is 23.3. The van der Waals surface area contributed by atoms with E-state index in [9.17, 15) is 18.0 Å². The summed E-state index contributed by atoms with van der Waals surface area (Å²) < 4.78 is 35.7. The second-order valence-corrected chi connectivity index (χ2v) is 7.01. The third kappa shape index (κ3) is 5.68. The number of pyridine rings is 1. The molecule has 32 heavy (non-hydrogen) atoms. The van der Waals surface area contributed by atoms with Crippen LogP contribution in [0.25, 0.3) is 0 Å². The summed E-state index contributed by atoms with van der Waals surface area (Å²) in [5.41, 5.74) is 2.71. The number of imidazole rings is 1. The molecule has 1 N–H and O–H groups in total. The van der Waals surface area contributed by atoms with Crippen LogP contribution in [0.3, 0.4) is 0 Å². The van der Waals surface area contributed by atoms with E-state index in [1.807, 2.05) is 24.1 Å². The van der Waals surface area contributed by atoms with Gasteiger partial charge >= 0.3 is 12.1 Å². The van der Waals surface area contributed by atoms with Gasteiger partial charge in [0, 0.05) is 38.4 Å². The molecular formula is C19H20F3N7O3. The van der Waals surface area contributed by atoms with Crippen LogP contribution in [-0.2, 0) is 24.3 Å². The third-order valence-electron chi connectivity index (χ3n) is 4.66. The summed E-state index contributed by atoms with van der Waals surface area (Å²) >= 11 is 0. The van der Waals surface area contributed by atoms with Crippen LogP contribution in [0.4, 0.5) is 13.2 Å². The molecule has 3 aromatic heterocycles. The fourth-order valence-corrected chi connectivity index (χ4v) is 3.16. The number of hydrogen-bond acceptors (Lipinski definition) is 6. The average molecular weight is 451 g/mol. The monoisotopic (exact) mass is 451 g/mol. The van der Waals surface area contributed by atoms with Gasteiger partial charge in [-0.3, -0.25) is 9.78 Å². The van der Waals surface area contributed by atoms with Crippen LogP contribution in [0.1, 0.15) is 27.4 Å². The molecule has 170 valence electrons. The lowest BCUT2D eigenvalue weighted by atomic mass is 10.2. The van der Waals surface area contributed by atoms with Gasteiger partial charge in [-0.15, -0.1) is 0 Å². The van der Waals surface area contributed by atoms with Crippen LogP contribution < -0.4 is 0 Å². The molecule has 4 heterocycles. The molecule has 13 heteroatoms. The second-order valence-electron chi connectivity index (χ2n) is 7.01. The van der Waals surface area contributed by atoms with Crippen molar-refractivity contribution in [2.24, 2.45) is 0 Å². The first-order valence-corrected chi connectivity index (χ1v) is 9.52. The van der Waals surface area contributed by atoms with E-state index in [4.69, 9.17) is 9.90 Å². The molecule has 3 aromatic rings. The zero-order valence-electron chi connectivity index (χ0n) is 17.0. The van der Waals surface area contributed by atoms with Crippen LogP contribution in [0.5, 0.6) is 0 Å². The van der Waals surface area contributed by atoms with E-state index in [0.717, 1.165) is 30.0 Å². The molecule has 0 atom stereocenters. The minimum atomic E-state index is -5.08. The molecule has 10 nitrogen and oxygen atoms in total. The fourth-order valence-electron chi connectivity index (χ4n) is 3.16. The molecule has 0 bridgehead atoms. The Kier molecular flexibility index (Phi) is 6.85. The van der Waals surface area contributed by atoms with Gasteiger partial charge in [-0.05, 0) is 18.6 Å². The number of carbonyl (C=O) groups excluding carboxylic acids is 1. The average Bonchev–Trinajstić information content (AvgIpc) is 3.33. The number of carboxylic acid groups (broad SMARTS) is 1. The lowest BCUT2D eigenvalue weighted by molar-refractivity contribution is -0.192. The molecular weight excluding hydrogens is 431 g/mol. The Bertz CT molecular complexity index is 1080. The van der Waals surface area contributed by atoms with Gasteiger partial charge in [0.2, 0.25) is 0 Å². The van der Waals surface area contributed by atoms with Gasteiger partial charge in [-0.1, -0.05) is 0 Å². The number of amides is 1. The van der Waals surface area contributed by atoms with E-state index in [0.29, 0.717) is 25.2 Å². The van der Waals surface area contributed by atoms with Gasteiger partial charge in [-0.25, -0.2) is 19.4 Å². The summed E-state index contributed by atoms with van der Waals surface area (Å²) in [6, 6.07) is 1.88. The highest BCUT2D eigenvalue weighted by molar-refractivity contribution is 5.94. The fraction of sp³-hybridized carbons (Fsp3) is 0.368. The van der Waals surface area contributed by atoms with E-state index in [1.54, 1.807) is 23.4 Å². The van der Waals surface area contributed by atoms with E-state index in [2.05, 4.69) is 24.6 Å². The van der Waals surface area contributed by atoms with Gasteiger partial charge in [0.1, 0.15) is 18.5 Å².